The smallest absolute Gasteiger partial charge is 0.0561 e. The number of hydrogen-bond acceptors (Lipinski definition) is 1. The van der Waals surface area contributed by atoms with Crippen LogP contribution in [0.15, 0.2) is 218 Å². The van der Waals surface area contributed by atoms with E-state index in [0.29, 0.717) is 0 Å². The maximum Gasteiger partial charge on any atom is 0.0561 e. The number of fused-ring (bicyclic) bond motifs is 4. The number of benzene rings is 9. The first-order valence-electron chi connectivity index (χ1n) is 18.5. The molecule has 2 nitrogen and oxygen atoms in total. The summed E-state index contributed by atoms with van der Waals surface area (Å²) in [5, 5.41) is 4.96. The molecule has 0 fully saturated rings. The molecule has 54 heavy (non-hydrogen) atoms. The first-order chi connectivity index (χ1) is 26.8. The Balaban J connectivity index is 1.21. The van der Waals surface area contributed by atoms with Crippen LogP contribution in [-0.4, -0.2) is 4.57 Å². The molecule has 0 unspecified atom stereocenters. The van der Waals surface area contributed by atoms with Gasteiger partial charge >= 0.3 is 0 Å². The average molecular weight is 689 g/mol. The summed E-state index contributed by atoms with van der Waals surface area (Å²) in [6, 6.07) is 78.9. The van der Waals surface area contributed by atoms with Gasteiger partial charge in [-0.1, -0.05) is 164 Å². The average Bonchev–Trinajstić information content (AvgIpc) is 3.58. The lowest BCUT2D eigenvalue weighted by Crippen LogP contribution is -2.10. The molecule has 0 amide bonds. The molecule has 0 saturated carbocycles. The number of para-hydroxylation sites is 2. The van der Waals surface area contributed by atoms with Crippen molar-refractivity contribution in [3.05, 3.63) is 218 Å². The van der Waals surface area contributed by atoms with Gasteiger partial charge in [-0.15, -0.1) is 0 Å². The molecule has 10 aromatic rings. The Labute approximate surface area is 315 Å². The van der Waals surface area contributed by atoms with E-state index in [-0.39, 0.29) is 0 Å². The van der Waals surface area contributed by atoms with Crippen LogP contribution in [0, 0.1) is 0 Å². The Morgan fingerprint density at radius 1 is 0.296 bits per heavy atom. The minimum Gasteiger partial charge on any atom is -0.310 e. The molecular weight excluding hydrogens is 653 g/mol. The summed E-state index contributed by atoms with van der Waals surface area (Å²) in [6.07, 6.45) is 0. The topological polar surface area (TPSA) is 8.17 Å². The van der Waals surface area contributed by atoms with Gasteiger partial charge in [0.25, 0.3) is 0 Å². The van der Waals surface area contributed by atoms with Gasteiger partial charge in [-0.25, -0.2) is 0 Å². The summed E-state index contributed by atoms with van der Waals surface area (Å²) in [5.74, 6) is 0. The highest BCUT2D eigenvalue weighted by Gasteiger charge is 2.20. The van der Waals surface area contributed by atoms with E-state index in [1.165, 1.54) is 66.0 Å². The van der Waals surface area contributed by atoms with E-state index in [1.807, 2.05) is 0 Å². The van der Waals surface area contributed by atoms with Crippen molar-refractivity contribution in [2.75, 3.05) is 4.90 Å². The van der Waals surface area contributed by atoms with E-state index in [1.54, 1.807) is 0 Å². The molecule has 9 aromatic carbocycles. The molecule has 0 N–H and O–H groups in total. The van der Waals surface area contributed by atoms with Gasteiger partial charge in [0.1, 0.15) is 0 Å². The summed E-state index contributed by atoms with van der Waals surface area (Å²) < 4.78 is 2.39. The molecular formula is C52H36N2. The zero-order chi connectivity index (χ0) is 35.8. The molecule has 0 radical (unpaired) electrons. The van der Waals surface area contributed by atoms with Gasteiger partial charge in [0, 0.05) is 33.5 Å². The van der Waals surface area contributed by atoms with Crippen LogP contribution in [0.4, 0.5) is 17.1 Å². The van der Waals surface area contributed by atoms with Crippen molar-refractivity contribution in [3.8, 4) is 39.1 Å². The van der Waals surface area contributed by atoms with Gasteiger partial charge in [-0.2, -0.15) is 0 Å². The maximum atomic E-state index is 2.40. The number of nitrogens with zero attached hydrogens (tertiary/aromatic N) is 2. The van der Waals surface area contributed by atoms with Gasteiger partial charge in [0.15, 0.2) is 0 Å². The zero-order valence-corrected chi connectivity index (χ0v) is 29.7. The highest BCUT2D eigenvalue weighted by atomic mass is 15.1. The molecule has 254 valence electrons. The first-order valence-corrected chi connectivity index (χ1v) is 18.5. The second kappa shape index (κ2) is 13.4. The predicted molar refractivity (Wildman–Crippen MR) is 229 cm³/mol. The lowest BCUT2D eigenvalue weighted by Gasteiger charge is -2.27. The Morgan fingerprint density at radius 3 is 1.63 bits per heavy atom. The van der Waals surface area contributed by atoms with E-state index >= 15 is 0 Å². The molecule has 0 aliphatic carbocycles. The second-order valence-electron chi connectivity index (χ2n) is 13.8. The van der Waals surface area contributed by atoms with Gasteiger partial charge in [-0.3, -0.25) is 0 Å². The van der Waals surface area contributed by atoms with Crippen molar-refractivity contribution in [3.63, 3.8) is 0 Å². The third-order valence-electron chi connectivity index (χ3n) is 10.6. The monoisotopic (exact) mass is 688 g/mol. The third-order valence-corrected chi connectivity index (χ3v) is 10.6. The lowest BCUT2D eigenvalue weighted by atomic mass is 9.90. The van der Waals surface area contributed by atoms with Crippen molar-refractivity contribution in [1.82, 2.24) is 4.57 Å². The first kappa shape index (κ1) is 31.6. The molecule has 0 bridgehead atoms. The number of hydrogen-bond donors (Lipinski definition) is 0. The Hall–Kier alpha value is -7.16. The number of aromatic nitrogens is 1. The Bertz CT molecular complexity index is 2900. The van der Waals surface area contributed by atoms with Crippen LogP contribution >= 0.6 is 0 Å². The van der Waals surface area contributed by atoms with Crippen molar-refractivity contribution in [2.45, 2.75) is 0 Å². The summed E-state index contributed by atoms with van der Waals surface area (Å²) in [7, 11) is 0. The fraction of sp³-hybridized carbons (Fsp3) is 0. The molecule has 10 rings (SSSR count). The zero-order valence-electron chi connectivity index (χ0n) is 29.7. The molecule has 0 atom stereocenters. The van der Waals surface area contributed by atoms with Crippen molar-refractivity contribution >= 4 is 49.6 Å². The van der Waals surface area contributed by atoms with E-state index in [2.05, 4.69) is 228 Å². The SMILES string of the molecule is c1ccc(-c2ccc(N(c3ccc(-c4cccc5ccccc45)c(-c4ccccc4)c3)c3ccc4c5ccccc5n(-c5ccccc5)c4c3)cc2)cc1. The summed E-state index contributed by atoms with van der Waals surface area (Å²) in [6.45, 7) is 0. The van der Waals surface area contributed by atoms with Crippen LogP contribution in [0.25, 0.3) is 71.6 Å². The Morgan fingerprint density at radius 2 is 0.852 bits per heavy atom. The minimum atomic E-state index is 1.09. The van der Waals surface area contributed by atoms with Crippen molar-refractivity contribution in [1.29, 1.82) is 0 Å². The van der Waals surface area contributed by atoms with Gasteiger partial charge in [-0.05, 0) is 98.8 Å². The molecule has 0 aliphatic heterocycles. The lowest BCUT2D eigenvalue weighted by molar-refractivity contribution is 1.18. The fourth-order valence-corrected chi connectivity index (χ4v) is 8.06. The third kappa shape index (κ3) is 5.53. The molecule has 1 heterocycles. The Kier molecular flexibility index (Phi) is 7.85. The molecule has 1 aromatic heterocycles. The summed E-state index contributed by atoms with van der Waals surface area (Å²) in [5.41, 5.74) is 14.0. The number of rotatable bonds is 7. The van der Waals surface area contributed by atoms with Gasteiger partial charge < -0.3 is 9.47 Å². The highest BCUT2D eigenvalue weighted by Crippen LogP contribution is 2.44. The van der Waals surface area contributed by atoms with Crippen molar-refractivity contribution in [2.24, 2.45) is 0 Å². The van der Waals surface area contributed by atoms with Crippen molar-refractivity contribution < 1.29 is 0 Å². The van der Waals surface area contributed by atoms with E-state index in [0.717, 1.165) is 22.7 Å². The standard InChI is InChI=1S/C52H36N2/c1-4-15-37(16-5-1)38-27-29-42(30-28-38)53(44-32-34-49-48-24-12-13-26-51(48)54(52(49)36-44)41-21-8-3-9-22-41)43-31-33-47(50(35-43)40-17-6-2-7-18-40)46-25-14-20-39-19-10-11-23-45(39)46/h1-36H. The van der Waals surface area contributed by atoms with Crippen LogP contribution in [0.2, 0.25) is 0 Å². The van der Waals surface area contributed by atoms with Crippen LogP contribution in [0.5, 0.6) is 0 Å². The largest absolute Gasteiger partial charge is 0.310 e. The van der Waals surface area contributed by atoms with Crippen LogP contribution in [-0.2, 0) is 0 Å². The second-order valence-corrected chi connectivity index (χ2v) is 13.8. The molecule has 0 aliphatic rings. The summed E-state index contributed by atoms with van der Waals surface area (Å²) >= 11 is 0. The highest BCUT2D eigenvalue weighted by molar-refractivity contribution is 6.10. The van der Waals surface area contributed by atoms with Gasteiger partial charge in [0.2, 0.25) is 0 Å². The van der Waals surface area contributed by atoms with E-state index < -0.39 is 0 Å². The minimum absolute atomic E-state index is 1.09. The molecule has 2 heteroatoms. The molecule has 0 saturated heterocycles. The fourth-order valence-electron chi connectivity index (χ4n) is 8.06. The quantitative estimate of drug-likeness (QED) is 0.162. The molecule has 0 spiro atoms. The van der Waals surface area contributed by atoms with E-state index in [4.69, 9.17) is 0 Å². The summed E-state index contributed by atoms with van der Waals surface area (Å²) in [4.78, 5) is 2.40. The van der Waals surface area contributed by atoms with Crippen LogP contribution < -0.4 is 4.90 Å². The normalized spacial score (nSPS) is 11.3. The van der Waals surface area contributed by atoms with E-state index in [9.17, 15) is 0 Å². The van der Waals surface area contributed by atoms with Crippen LogP contribution in [0.3, 0.4) is 0 Å². The van der Waals surface area contributed by atoms with Crippen LogP contribution in [0.1, 0.15) is 0 Å². The number of anilines is 3. The van der Waals surface area contributed by atoms with Gasteiger partial charge in [0.05, 0.1) is 11.0 Å². The predicted octanol–water partition coefficient (Wildman–Crippen LogP) is 14.4. The maximum absolute atomic E-state index is 2.40.